The first-order valence-electron chi connectivity index (χ1n) is 10.7. The lowest BCUT2D eigenvalue weighted by Gasteiger charge is -2.34. The molecule has 30 heavy (non-hydrogen) atoms. The second kappa shape index (κ2) is 10.3. The minimum absolute atomic E-state index is 0.0953. The van der Waals surface area contributed by atoms with Crippen molar-refractivity contribution in [3.8, 4) is 0 Å². The molecule has 2 amide bonds. The molecule has 0 aromatic heterocycles. The number of carbonyl (C=O) groups is 2. The predicted molar refractivity (Wildman–Crippen MR) is 114 cm³/mol. The fraction of sp³-hybridized carbons (Fsp3) is 0.900. The van der Waals surface area contributed by atoms with Crippen molar-refractivity contribution in [2.45, 2.75) is 71.7 Å². The zero-order chi connectivity index (χ0) is 22.5. The Bertz CT molecular complexity index is 688. The summed E-state index contributed by atoms with van der Waals surface area (Å²) in [5, 5.41) is 2.73. The zero-order valence-corrected chi connectivity index (χ0v) is 19.7. The van der Waals surface area contributed by atoms with Gasteiger partial charge in [-0.1, -0.05) is 0 Å². The number of nitrogens with zero attached hydrogens (tertiary/aromatic N) is 2. The minimum Gasteiger partial charge on any atom is -0.444 e. The number of sulfonamides is 1. The predicted octanol–water partition coefficient (Wildman–Crippen LogP) is 1.58. The van der Waals surface area contributed by atoms with E-state index in [4.69, 9.17) is 9.47 Å². The molecule has 2 fully saturated rings. The van der Waals surface area contributed by atoms with Gasteiger partial charge >= 0.3 is 6.09 Å². The number of hydrogen-bond acceptors (Lipinski definition) is 6. The van der Waals surface area contributed by atoms with E-state index in [9.17, 15) is 18.0 Å². The average Bonchev–Trinajstić information content (AvgIpc) is 2.60. The molecule has 2 saturated heterocycles. The molecule has 2 atom stereocenters. The van der Waals surface area contributed by atoms with Crippen LogP contribution in [0.3, 0.4) is 0 Å². The zero-order valence-electron chi connectivity index (χ0n) is 18.8. The Balaban J connectivity index is 1.69. The maximum Gasteiger partial charge on any atom is 0.410 e. The lowest BCUT2D eigenvalue weighted by molar-refractivity contribution is -0.122. The Hall–Kier alpha value is -1.39. The van der Waals surface area contributed by atoms with Crippen LogP contribution in [0.15, 0.2) is 0 Å². The number of carbonyl (C=O) groups excluding carboxylic acids is 2. The number of piperidine rings is 1. The van der Waals surface area contributed by atoms with Crippen molar-refractivity contribution >= 4 is 22.0 Å². The molecule has 0 saturated carbocycles. The standard InChI is InChI=1S/C20H37N3O6S/c1-15-13-23(14-16(2)28-15)30(26,27)11-8-21-18(24)12-17-6-9-22(10-7-17)19(25)29-20(3,4)5/h15-17H,6-14H2,1-5H3,(H,21,24). The molecule has 2 heterocycles. The van der Waals surface area contributed by atoms with Crippen molar-refractivity contribution in [3.63, 3.8) is 0 Å². The number of amides is 2. The van der Waals surface area contributed by atoms with Gasteiger partial charge in [0.05, 0.1) is 18.0 Å². The fourth-order valence-electron chi connectivity index (χ4n) is 3.79. The Morgan fingerprint density at radius 1 is 1.10 bits per heavy atom. The van der Waals surface area contributed by atoms with Crippen molar-refractivity contribution in [2.24, 2.45) is 5.92 Å². The average molecular weight is 448 g/mol. The normalized spacial score (nSPS) is 24.5. The van der Waals surface area contributed by atoms with Crippen LogP contribution in [0.4, 0.5) is 4.79 Å². The largest absolute Gasteiger partial charge is 0.444 e. The number of hydrogen-bond donors (Lipinski definition) is 1. The first-order chi connectivity index (χ1) is 13.9. The third-order valence-electron chi connectivity index (χ3n) is 5.20. The van der Waals surface area contributed by atoms with E-state index in [1.807, 2.05) is 34.6 Å². The van der Waals surface area contributed by atoms with E-state index in [0.29, 0.717) is 32.6 Å². The van der Waals surface area contributed by atoms with Crippen molar-refractivity contribution in [3.05, 3.63) is 0 Å². The number of ether oxygens (including phenoxy) is 2. The van der Waals surface area contributed by atoms with Crippen LogP contribution in [-0.4, -0.2) is 85.9 Å². The smallest absolute Gasteiger partial charge is 0.410 e. The summed E-state index contributed by atoms with van der Waals surface area (Å²) in [5.41, 5.74) is -0.522. The van der Waals surface area contributed by atoms with Gasteiger partial charge in [-0.3, -0.25) is 4.79 Å². The summed E-state index contributed by atoms with van der Waals surface area (Å²) in [5.74, 6) is -0.0826. The quantitative estimate of drug-likeness (QED) is 0.663. The number of nitrogens with one attached hydrogen (secondary N) is 1. The maximum atomic E-state index is 12.5. The van der Waals surface area contributed by atoms with Crippen molar-refractivity contribution in [1.29, 1.82) is 0 Å². The molecule has 174 valence electrons. The van der Waals surface area contributed by atoms with Gasteiger partial charge in [-0.05, 0) is 53.4 Å². The van der Waals surface area contributed by atoms with E-state index in [1.165, 1.54) is 4.31 Å². The van der Waals surface area contributed by atoms with Crippen LogP contribution < -0.4 is 5.32 Å². The molecule has 2 rings (SSSR count). The molecule has 0 bridgehead atoms. The molecule has 1 N–H and O–H groups in total. The maximum absolute atomic E-state index is 12.5. The molecule has 0 aromatic carbocycles. The number of rotatable bonds is 6. The monoisotopic (exact) mass is 447 g/mol. The lowest BCUT2D eigenvalue weighted by Crippen LogP contribution is -2.49. The number of likely N-dealkylation sites (tertiary alicyclic amines) is 1. The van der Waals surface area contributed by atoms with Crippen LogP contribution in [0.1, 0.15) is 53.9 Å². The molecule has 0 aromatic rings. The molecular formula is C20H37N3O6S. The lowest BCUT2D eigenvalue weighted by atomic mass is 9.93. The third kappa shape index (κ3) is 8.03. The van der Waals surface area contributed by atoms with Crippen LogP contribution in [0, 0.1) is 5.92 Å². The van der Waals surface area contributed by atoms with E-state index in [0.717, 1.165) is 12.8 Å². The van der Waals surface area contributed by atoms with Crippen LogP contribution >= 0.6 is 0 Å². The second-order valence-electron chi connectivity index (χ2n) is 9.36. The van der Waals surface area contributed by atoms with E-state index in [1.54, 1.807) is 4.90 Å². The highest BCUT2D eigenvalue weighted by Crippen LogP contribution is 2.22. The van der Waals surface area contributed by atoms with Crippen LogP contribution in [0.5, 0.6) is 0 Å². The summed E-state index contributed by atoms with van der Waals surface area (Å²) < 4.78 is 37.4. The van der Waals surface area contributed by atoms with Crippen LogP contribution in [0.25, 0.3) is 0 Å². The molecule has 0 spiro atoms. The molecule has 0 aliphatic carbocycles. The molecule has 9 nitrogen and oxygen atoms in total. The summed E-state index contributed by atoms with van der Waals surface area (Å²) in [6, 6.07) is 0. The summed E-state index contributed by atoms with van der Waals surface area (Å²) in [6.07, 6.45) is 1.22. The van der Waals surface area contributed by atoms with Crippen LogP contribution in [-0.2, 0) is 24.3 Å². The van der Waals surface area contributed by atoms with Gasteiger partial charge in [0.2, 0.25) is 15.9 Å². The highest BCUT2D eigenvalue weighted by atomic mass is 32.2. The van der Waals surface area contributed by atoms with Gasteiger partial charge < -0.3 is 19.7 Å². The van der Waals surface area contributed by atoms with Crippen molar-refractivity contribution in [1.82, 2.24) is 14.5 Å². The van der Waals surface area contributed by atoms with Gasteiger partial charge in [0.25, 0.3) is 0 Å². The van der Waals surface area contributed by atoms with Crippen molar-refractivity contribution in [2.75, 3.05) is 38.5 Å². The summed E-state index contributed by atoms with van der Waals surface area (Å²) in [4.78, 5) is 26.0. The highest BCUT2D eigenvalue weighted by Gasteiger charge is 2.31. The molecular weight excluding hydrogens is 410 g/mol. The van der Waals surface area contributed by atoms with Gasteiger partial charge in [-0.15, -0.1) is 0 Å². The van der Waals surface area contributed by atoms with E-state index < -0.39 is 15.6 Å². The first-order valence-corrected chi connectivity index (χ1v) is 12.3. The van der Waals surface area contributed by atoms with Gasteiger partial charge in [0.15, 0.2) is 0 Å². The summed E-state index contributed by atoms with van der Waals surface area (Å²) in [6.45, 7) is 11.1. The fourth-order valence-corrected chi connectivity index (χ4v) is 5.28. The Morgan fingerprint density at radius 3 is 2.20 bits per heavy atom. The molecule has 2 unspecified atom stereocenters. The minimum atomic E-state index is -3.43. The second-order valence-corrected chi connectivity index (χ2v) is 11.4. The van der Waals surface area contributed by atoms with E-state index in [-0.39, 0.29) is 42.4 Å². The Morgan fingerprint density at radius 2 is 1.67 bits per heavy atom. The van der Waals surface area contributed by atoms with Gasteiger partial charge in [0, 0.05) is 39.1 Å². The summed E-state index contributed by atoms with van der Waals surface area (Å²) >= 11 is 0. The molecule has 10 heteroatoms. The number of morpholine rings is 1. The van der Waals surface area contributed by atoms with Gasteiger partial charge in [-0.25, -0.2) is 13.2 Å². The SMILES string of the molecule is CC1CN(S(=O)(=O)CCNC(=O)CC2CCN(C(=O)OC(C)(C)C)CC2)CC(C)O1. The molecule has 2 aliphatic heterocycles. The van der Waals surface area contributed by atoms with E-state index >= 15 is 0 Å². The third-order valence-corrected chi connectivity index (χ3v) is 7.01. The highest BCUT2D eigenvalue weighted by molar-refractivity contribution is 7.89. The van der Waals surface area contributed by atoms with Crippen LogP contribution in [0.2, 0.25) is 0 Å². The van der Waals surface area contributed by atoms with E-state index in [2.05, 4.69) is 5.32 Å². The topological polar surface area (TPSA) is 105 Å². The van der Waals surface area contributed by atoms with Gasteiger partial charge in [0.1, 0.15) is 5.60 Å². The van der Waals surface area contributed by atoms with Gasteiger partial charge in [-0.2, -0.15) is 4.31 Å². The Kier molecular flexibility index (Phi) is 8.52. The Labute approximate surface area is 180 Å². The molecule has 2 aliphatic rings. The summed E-state index contributed by atoms with van der Waals surface area (Å²) in [7, 11) is -3.43. The first kappa shape index (κ1) is 24.9. The van der Waals surface area contributed by atoms with Crippen molar-refractivity contribution < 1.29 is 27.5 Å². The molecule has 0 radical (unpaired) electrons.